The Morgan fingerprint density at radius 3 is 2.41 bits per heavy atom. The summed E-state index contributed by atoms with van der Waals surface area (Å²) < 4.78 is 0. The summed E-state index contributed by atoms with van der Waals surface area (Å²) in [5.74, 6) is 3.22. The highest BCUT2D eigenvalue weighted by atomic mass is 15.1. The lowest BCUT2D eigenvalue weighted by Gasteiger charge is -2.20. The number of nitrogens with zero attached hydrogens (tertiary/aromatic N) is 2. The van der Waals surface area contributed by atoms with E-state index < -0.39 is 0 Å². The zero-order chi connectivity index (χ0) is 12.8. The number of rotatable bonds is 6. The van der Waals surface area contributed by atoms with Gasteiger partial charge in [-0.15, -0.1) is 0 Å². The first kappa shape index (κ1) is 13.7. The van der Waals surface area contributed by atoms with E-state index in [0.29, 0.717) is 12.0 Å². The molecule has 4 nitrogen and oxygen atoms in total. The Hall–Kier alpha value is -1.32. The van der Waals surface area contributed by atoms with Crippen molar-refractivity contribution in [2.45, 2.75) is 47.1 Å². The number of hydrogen-bond donors (Lipinski definition) is 2. The molecule has 0 radical (unpaired) electrons. The lowest BCUT2D eigenvalue weighted by molar-refractivity contribution is 0.493. The lowest BCUT2D eigenvalue weighted by Crippen LogP contribution is -2.24. The SMILES string of the molecule is CCNc1cc(NC(C)C(C)CC)nc(C)n1. The van der Waals surface area contributed by atoms with Crippen LogP contribution in [0, 0.1) is 12.8 Å². The zero-order valence-corrected chi connectivity index (χ0v) is 11.5. The van der Waals surface area contributed by atoms with E-state index in [1.807, 2.05) is 13.0 Å². The molecular weight excluding hydrogens is 212 g/mol. The molecule has 0 bridgehead atoms. The highest BCUT2D eigenvalue weighted by molar-refractivity contribution is 5.47. The summed E-state index contributed by atoms with van der Waals surface area (Å²) in [6.07, 6.45) is 1.16. The number of hydrogen-bond acceptors (Lipinski definition) is 4. The molecule has 1 heterocycles. The summed E-state index contributed by atoms with van der Waals surface area (Å²) in [5, 5.41) is 6.66. The monoisotopic (exact) mass is 236 g/mol. The summed E-state index contributed by atoms with van der Waals surface area (Å²) in [6.45, 7) is 11.5. The van der Waals surface area contributed by atoms with Crippen LogP contribution in [0.2, 0.25) is 0 Å². The summed E-state index contributed by atoms with van der Waals surface area (Å²) in [7, 11) is 0. The maximum absolute atomic E-state index is 4.41. The van der Waals surface area contributed by atoms with Crippen molar-refractivity contribution in [3.8, 4) is 0 Å². The van der Waals surface area contributed by atoms with Crippen LogP contribution in [0.3, 0.4) is 0 Å². The Morgan fingerprint density at radius 1 is 1.18 bits per heavy atom. The van der Waals surface area contributed by atoms with Crippen molar-refractivity contribution in [2.24, 2.45) is 5.92 Å². The highest BCUT2D eigenvalue weighted by Crippen LogP contribution is 2.16. The molecule has 0 aromatic carbocycles. The minimum absolute atomic E-state index is 0.420. The lowest BCUT2D eigenvalue weighted by atomic mass is 10.0. The predicted molar refractivity (Wildman–Crippen MR) is 73.5 cm³/mol. The predicted octanol–water partition coefficient (Wildman–Crippen LogP) is 3.06. The molecule has 0 saturated heterocycles. The molecular formula is C13H24N4. The van der Waals surface area contributed by atoms with Crippen molar-refractivity contribution in [3.63, 3.8) is 0 Å². The van der Waals surface area contributed by atoms with Gasteiger partial charge in [0.1, 0.15) is 17.5 Å². The van der Waals surface area contributed by atoms with Gasteiger partial charge in [-0.05, 0) is 26.7 Å². The van der Waals surface area contributed by atoms with Crippen LogP contribution in [0.25, 0.3) is 0 Å². The van der Waals surface area contributed by atoms with E-state index in [9.17, 15) is 0 Å². The Labute approximate surface area is 104 Å². The van der Waals surface area contributed by atoms with Crippen molar-refractivity contribution in [2.75, 3.05) is 17.2 Å². The Balaban J connectivity index is 2.76. The second-order valence-electron chi connectivity index (χ2n) is 4.53. The third kappa shape index (κ3) is 4.21. The van der Waals surface area contributed by atoms with Crippen LogP contribution < -0.4 is 10.6 Å². The maximum atomic E-state index is 4.41. The Bertz CT molecular complexity index is 351. The zero-order valence-electron chi connectivity index (χ0n) is 11.5. The molecule has 2 N–H and O–H groups in total. The summed E-state index contributed by atoms with van der Waals surface area (Å²) in [6, 6.07) is 2.39. The van der Waals surface area contributed by atoms with Crippen molar-refractivity contribution in [3.05, 3.63) is 11.9 Å². The molecule has 2 unspecified atom stereocenters. The summed E-state index contributed by atoms with van der Waals surface area (Å²) >= 11 is 0. The number of anilines is 2. The molecule has 0 aliphatic rings. The second-order valence-corrected chi connectivity index (χ2v) is 4.53. The van der Waals surface area contributed by atoms with Crippen LogP contribution >= 0.6 is 0 Å². The van der Waals surface area contributed by atoms with E-state index in [4.69, 9.17) is 0 Å². The third-order valence-electron chi connectivity index (χ3n) is 3.07. The summed E-state index contributed by atoms with van der Waals surface area (Å²) in [4.78, 5) is 8.74. The van der Waals surface area contributed by atoms with Gasteiger partial charge in [0.2, 0.25) is 0 Å². The normalized spacial score (nSPS) is 14.2. The smallest absolute Gasteiger partial charge is 0.132 e. The molecule has 0 spiro atoms. The quantitative estimate of drug-likeness (QED) is 0.797. The van der Waals surface area contributed by atoms with Crippen LogP contribution in [0.4, 0.5) is 11.6 Å². The van der Waals surface area contributed by atoms with Gasteiger partial charge in [0.15, 0.2) is 0 Å². The Morgan fingerprint density at radius 2 is 1.82 bits per heavy atom. The second kappa shape index (κ2) is 6.42. The fourth-order valence-corrected chi connectivity index (χ4v) is 1.64. The van der Waals surface area contributed by atoms with Crippen LogP contribution in [0.5, 0.6) is 0 Å². The van der Waals surface area contributed by atoms with Crippen molar-refractivity contribution < 1.29 is 0 Å². The van der Waals surface area contributed by atoms with Gasteiger partial charge < -0.3 is 10.6 Å². The van der Waals surface area contributed by atoms with Gasteiger partial charge in [-0.1, -0.05) is 20.3 Å². The molecule has 2 atom stereocenters. The molecule has 1 rings (SSSR count). The number of aromatic nitrogens is 2. The number of nitrogens with one attached hydrogen (secondary N) is 2. The molecule has 0 amide bonds. The molecule has 0 aliphatic carbocycles. The van der Waals surface area contributed by atoms with E-state index in [0.717, 1.165) is 30.4 Å². The fraction of sp³-hybridized carbons (Fsp3) is 0.692. The van der Waals surface area contributed by atoms with Gasteiger partial charge in [0, 0.05) is 18.7 Å². The standard InChI is InChI=1S/C13H24N4/c1-6-9(3)10(4)15-13-8-12(14-7-2)16-11(5)17-13/h8-10H,6-7H2,1-5H3,(H2,14,15,16,17). The van der Waals surface area contributed by atoms with Crippen molar-refractivity contribution >= 4 is 11.6 Å². The molecule has 1 aromatic heterocycles. The molecule has 0 aliphatic heterocycles. The van der Waals surface area contributed by atoms with Gasteiger partial charge in [-0.2, -0.15) is 0 Å². The van der Waals surface area contributed by atoms with Gasteiger partial charge in [-0.25, -0.2) is 9.97 Å². The van der Waals surface area contributed by atoms with E-state index in [-0.39, 0.29) is 0 Å². The van der Waals surface area contributed by atoms with Crippen molar-refractivity contribution in [1.82, 2.24) is 9.97 Å². The largest absolute Gasteiger partial charge is 0.370 e. The first-order valence-corrected chi connectivity index (χ1v) is 6.42. The average molecular weight is 236 g/mol. The third-order valence-corrected chi connectivity index (χ3v) is 3.07. The van der Waals surface area contributed by atoms with Crippen LogP contribution in [-0.4, -0.2) is 22.6 Å². The average Bonchev–Trinajstić information content (AvgIpc) is 2.27. The van der Waals surface area contributed by atoms with E-state index in [2.05, 4.69) is 48.3 Å². The highest BCUT2D eigenvalue weighted by Gasteiger charge is 2.11. The van der Waals surface area contributed by atoms with E-state index in [1.165, 1.54) is 0 Å². The minimum Gasteiger partial charge on any atom is -0.370 e. The molecule has 0 saturated carbocycles. The maximum Gasteiger partial charge on any atom is 0.132 e. The van der Waals surface area contributed by atoms with E-state index >= 15 is 0 Å². The fourth-order valence-electron chi connectivity index (χ4n) is 1.64. The minimum atomic E-state index is 0.420. The van der Waals surface area contributed by atoms with Crippen LogP contribution in [0.15, 0.2) is 6.07 Å². The Kier molecular flexibility index (Phi) is 5.19. The molecule has 4 heteroatoms. The molecule has 17 heavy (non-hydrogen) atoms. The van der Waals surface area contributed by atoms with Crippen molar-refractivity contribution in [1.29, 1.82) is 0 Å². The number of aryl methyl sites for hydroxylation is 1. The first-order valence-electron chi connectivity index (χ1n) is 6.42. The first-order chi connectivity index (χ1) is 8.06. The van der Waals surface area contributed by atoms with Gasteiger partial charge in [0.25, 0.3) is 0 Å². The molecule has 1 aromatic rings. The van der Waals surface area contributed by atoms with Gasteiger partial charge >= 0.3 is 0 Å². The topological polar surface area (TPSA) is 49.8 Å². The molecule has 0 fully saturated rings. The molecule has 96 valence electrons. The van der Waals surface area contributed by atoms with Gasteiger partial charge in [0.05, 0.1) is 0 Å². The van der Waals surface area contributed by atoms with Crippen LogP contribution in [-0.2, 0) is 0 Å². The summed E-state index contributed by atoms with van der Waals surface area (Å²) in [5.41, 5.74) is 0. The van der Waals surface area contributed by atoms with Gasteiger partial charge in [-0.3, -0.25) is 0 Å². The van der Waals surface area contributed by atoms with E-state index in [1.54, 1.807) is 0 Å². The van der Waals surface area contributed by atoms with Crippen LogP contribution in [0.1, 0.15) is 39.9 Å².